The molecule has 2 heterocycles. The zero-order valence-corrected chi connectivity index (χ0v) is 13.5. The monoisotopic (exact) mass is 279 g/mol. The van der Waals surface area contributed by atoms with E-state index in [0.717, 1.165) is 25.3 Å². The maximum Gasteiger partial charge on any atom is 0.126 e. The fraction of sp³-hybridized carbons (Fsp3) is 0.812. The van der Waals surface area contributed by atoms with Gasteiger partial charge in [-0.2, -0.15) is 0 Å². The number of ether oxygens (including phenoxy) is 1. The van der Waals surface area contributed by atoms with Crippen LogP contribution in [-0.2, 0) is 11.3 Å². The molecule has 1 fully saturated rings. The quantitative estimate of drug-likeness (QED) is 0.870. The summed E-state index contributed by atoms with van der Waals surface area (Å²) < 4.78 is 8.32. The molecule has 0 amide bonds. The summed E-state index contributed by atoms with van der Waals surface area (Å²) >= 11 is 0. The third kappa shape index (κ3) is 2.91. The highest BCUT2D eigenvalue weighted by Crippen LogP contribution is 2.40. The van der Waals surface area contributed by atoms with E-state index in [4.69, 9.17) is 4.74 Å². The fourth-order valence-electron chi connectivity index (χ4n) is 3.52. The Kier molecular flexibility index (Phi) is 5.22. The van der Waals surface area contributed by atoms with E-state index in [0.29, 0.717) is 17.9 Å². The van der Waals surface area contributed by atoms with E-state index in [9.17, 15) is 0 Å². The third-order valence-electron chi connectivity index (χ3n) is 4.62. The predicted octanol–water partition coefficient (Wildman–Crippen LogP) is 3.00. The lowest BCUT2D eigenvalue weighted by atomic mass is 9.83. The van der Waals surface area contributed by atoms with E-state index in [1.54, 1.807) is 0 Å². The van der Waals surface area contributed by atoms with Gasteiger partial charge in [-0.15, -0.1) is 0 Å². The van der Waals surface area contributed by atoms with Crippen LogP contribution in [0.3, 0.4) is 0 Å². The van der Waals surface area contributed by atoms with Crippen molar-refractivity contribution in [1.82, 2.24) is 14.9 Å². The Hall–Kier alpha value is -0.870. The number of aryl methyl sites for hydroxylation is 1. The molecule has 0 spiro atoms. The lowest BCUT2D eigenvalue weighted by molar-refractivity contribution is 0.0470. The van der Waals surface area contributed by atoms with Crippen LogP contribution in [0.4, 0.5) is 0 Å². The van der Waals surface area contributed by atoms with Gasteiger partial charge in [0.1, 0.15) is 5.82 Å². The molecule has 5 unspecified atom stereocenters. The van der Waals surface area contributed by atoms with E-state index < -0.39 is 0 Å². The molecule has 20 heavy (non-hydrogen) atoms. The number of imidazole rings is 1. The molecule has 0 aromatic carbocycles. The minimum absolute atomic E-state index is 0.274. The molecule has 2 rings (SSSR count). The molecule has 0 radical (unpaired) electrons. The third-order valence-corrected chi connectivity index (χ3v) is 4.62. The molecule has 5 atom stereocenters. The van der Waals surface area contributed by atoms with Crippen molar-refractivity contribution < 1.29 is 4.74 Å². The largest absolute Gasteiger partial charge is 0.375 e. The zero-order chi connectivity index (χ0) is 14.7. The second-order valence-corrected chi connectivity index (χ2v) is 6.00. The van der Waals surface area contributed by atoms with Gasteiger partial charge in [0.15, 0.2) is 0 Å². The van der Waals surface area contributed by atoms with Gasteiger partial charge in [-0.25, -0.2) is 4.98 Å². The highest BCUT2D eigenvalue weighted by Gasteiger charge is 2.43. The Bertz CT molecular complexity index is 418. The van der Waals surface area contributed by atoms with Gasteiger partial charge in [0.25, 0.3) is 0 Å². The second-order valence-electron chi connectivity index (χ2n) is 6.00. The molecular weight excluding hydrogens is 250 g/mol. The van der Waals surface area contributed by atoms with Crippen molar-refractivity contribution in [3.05, 3.63) is 18.2 Å². The fourth-order valence-corrected chi connectivity index (χ4v) is 3.52. The van der Waals surface area contributed by atoms with Crippen molar-refractivity contribution >= 4 is 0 Å². The SMILES string of the molecule is CCCn1ccnc1C(NCC)C1C(C)OC(C)C1C. The van der Waals surface area contributed by atoms with Crippen molar-refractivity contribution in [2.24, 2.45) is 11.8 Å². The minimum atomic E-state index is 0.274. The standard InChI is InChI=1S/C16H29N3O/c1-6-9-19-10-8-18-16(19)15(17-7-2)14-11(3)12(4)20-13(14)5/h8,10-15,17H,6-7,9H2,1-5H3. The molecule has 0 aliphatic carbocycles. The van der Waals surface area contributed by atoms with Crippen LogP contribution >= 0.6 is 0 Å². The average Bonchev–Trinajstić information content (AvgIpc) is 2.95. The summed E-state index contributed by atoms with van der Waals surface area (Å²) in [6.45, 7) is 13.0. The Morgan fingerprint density at radius 1 is 1.30 bits per heavy atom. The van der Waals surface area contributed by atoms with Gasteiger partial charge in [-0.05, 0) is 32.7 Å². The number of hydrogen-bond donors (Lipinski definition) is 1. The predicted molar refractivity (Wildman–Crippen MR) is 81.6 cm³/mol. The summed E-state index contributed by atoms with van der Waals surface area (Å²) in [6.07, 6.45) is 5.74. The van der Waals surface area contributed by atoms with Gasteiger partial charge in [-0.3, -0.25) is 0 Å². The van der Waals surface area contributed by atoms with Crippen molar-refractivity contribution in [3.8, 4) is 0 Å². The number of aromatic nitrogens is 2. The first-order chi connectivity index (χ1) is 9.60. The molecule has 0 saturated carbocycles. The Morgan fingerprint density at radius 3 is 2.60 bits per heavy atom. The van der Waals surface area contributed by atoms with Gasteiger partial charge >= 0.3 is 0 Å². The van der Waals surface area contributed by atoms with Crippen LogP contribution in [0.25, 0.3) is 0 Å². The summed E-state index contributed by atoms with van der Waals surface area (Å²) in [5.41, 5.74) is 0. The van der Waals surface area contributed by atoms with Crippen LogP contribution in [-0.4, -0.2) is 28.3 Å². The maximum absolute atomic E-state index is 6.03. The first kappa shape index (κ1) is 15.5. The van der Waals surface area contributed by atoms with E-state index in [1.165, 1.54) is 0 Å². The Labute approximate surface area is 122 Å². The molecule has 4 heteroatoms. The molecule has 0 bridgehead atoms. The minimum Gasteiger partial charge on any atom is -0.375 e. The molecule has 1 aromatic heterocycles. The summed E-state index contributed by atoms with van der Waals surface area (Å²) in [6, 6.07) is 0.275. The van der Waals surface area contributed by atoms with Gasteiger partial charge in [0, 0.05) is 24.9 Å². The summed E-state index contributed by atoms with van der Waals surface area (Å²) in [5.74, 6) is 2.18. The van der Waals surface area contributed by atoms with Crippen LogP contribution in [0.15, 0.2) is 12.4 Å². The van der Waals surface area contributed by atoms with Crippen LogP contribution < -0.4 is 5.32 Å². The van der Waals surface area contributed by atoms with Crippen LogP contribution in [0.5, 0.6) is 0 Å². The lowest BCUT2D eigenvalue weighted by Gasteiger charge is -2.29. The molecule has 1 aliphatic rings. The van der Waals surface area contributed by atoms with Crippen LogP contribution in [0.1, 0.15) is 52.9 Å². The first-order valence-corrected chi connectivity index (χ1v) is 8.00. The van der Waals surface area contributed by atoms with Crippen molar-refractivity contribution in [2.75, 3.05) is 6.54 Å². The number of rotatable bonds is 6. The van der Waals surface area contributed by atoms with Crippen LogP contribution in [0, 0.1) is 11.8 Å². The summed E-state index contributed by atoms with van der Waals surface area (Å²) in [7, 11) is 0. The molecule has 1 saturated heterocycles. The molecule has 1 aromatic rings. The molecule has 1 aliphatic heterocycles. The van der Waals surface area contributed by atoms with E-state index in [1.807, 2.05) is 6.20 Å². The van der Waals surface area contributed by atoms with E-state index in [2.05, 4.69) is 55.7 Å². The molecule has 114 valence electrons. The van der Waals surface area contributed by atoms with E-state index >= 15 is 0 Å². The first-order valence-electron chi connectivity index (χ1n) is 8.00. The molecular formula is C16H29N3O. The van der Waals surface area contributed by atoms with Crippen molar-refractivity contribution in [1.29, 1.82) is 0 Å². The topological polar surface area (TPSA) is 39.1 Å². The van der Waals surface area contributed by atoms with Gasteiger partial charge in [0.2, 0.25) is 0 Å². The second kappa shape index (κ2) is 6.72. The highest BCUT2D eigenvalue weighted by molar-refractivity contribution is 5.06. The van der Waals surface area contributed by atoms with Crippen molar-refractivity contribution in [3.63, 3.8) is 0 Å². The maximum atomic E-state index is 6.03. The average molecular weight is 279 g/mol. The zero-order valence-electron chi connectivity index (χ0n) is 13.5. The number of nitrogens with zero attached hydrogens (tertiary/aromatic N) is 2. The van der Waals surface area contributed by atoms with Gasteiger partial charge in [-0.1, -0.05) is 20.8 Å². The Balaban J connectivity index is 2.28. The smallest absolute Gasteiger partial charge is 0.126 e. The lowest BCUT2D eigenvalue weighted by Crippen LogP contribution is -2.36. The number of nitrogens with one attached hydrogen (secondary N) is 1. The molecule has 4 nitrogen and oxygen atoms in total. The number of hydrogen-bond acceptors (Lipinski definition) is 3. The van der Waals surface area contributed by atoms with Gasteiger partial charge < -0.3 is 14.6 Å². The Morgan fingerprint density at radius 2 is 2.05 bits per heavy atom. The summed E-state index contributed by atoms with van der Waals surface area (Å²) in [4.78, 5) is 4.64. The summed E-state index contributed by atoms with van der Waals surface area (Å²) in [5, 5.41) is 3.64. The van der Waals surface area contributed by atoms with Gasteiger partial charge in [0.05, 0.1) is 18.2 Å². The van der Waals surface area contributed by atoms with Crippen molar-refractivity contribution in [2.45, 2.75) is 65.8 Å². The van der Waals surface area contributed by atoms with Crippen LogP contribution in [0.2, 0.25) is 0 Å². The van der Waals surface area contributed by atoms with E-state index in [-0.39, 0.29) is 12.1 Å². The molecule has 1 N–H and O–H groups in total. The normalized spacial score (nSPS) is 31.6. The highest BCUT2D eigenvalue weighted by atomic mass is 16.5.